The molecule has 16 heteroatoms. The molecule has 0 radical (unpaired) electrons. The van der Waals surface area contributed by atoms with E-state index in [0.717, 1.165) is 19.3 Å². The van der Waals surface area contributed by atoms with E-state index in [0.29, 0.717) is 34.0 Å². The lowest BCUT2D eigenvalue weighted by molar-refractivity contribution is -0.0901. The van der Waals surface area contributed by atoms with Crippen molar-refractivity contribution >= 4 is 30.8 Å². The number of phosphoric acid groups is 1. The number of nitriles is 1. The number of anilines is 1. The van der Waals surface area contributed by atoms with Crippen LogP contribution in [0.1, 0.15) is 133 Å². The Hall–Kier alpha value is -2.67. The van der Waals surface area contributed by atoms with Crippen molar-refractivity contribution in [2.75, 3.05) is 32.2 Å². The van der Waals surface area contributed by atoms with Crippen LogP contribution in [0.15, 0.2) is 36.7 Å². The summed E-state index contributed by atoms with van der Waals surface area (Å²) < 4.78 is 43.0. The molecule has 1 aliphatic heterocycles. The van der Waals surface area contributed by atoms with Crippen molar-refractivity contribution in [3.05, 3.63) is 58.5 Å². The molecule has 2 unspecified atom stereocenters. The summed E-state index contributed by atoms with van der Waals surface area (Å²) in [6, 6.07) is 10.3. The highest BCUT2D eigenvalue weighted by Gasteiger charge is 2.54. The van der Waals surface area contributed by atoms with Crippen LogP contribution in [0.3, 0.4) is 0 Å². The number of aromatic nitrogens is 3. The number of rotatable bonds is 29. The molecule has 0 aliphatic carbocycles. The highest BCUT2D eigenvalue weighted by molar-refractivity contribution is 7.47. The Balaban J connectivity index is 1.18. The van der Waals surface area contributed by atoms with Crippen molar-refractivity contribution in [3.63, 3.8) is 0 Å². The summed E-state index contributed by atoms with van der Waals surface area (Å²) in [4.78, 5) is 14.6. The van der Waals surface area contributed by atoms with Crippen molar-refractivity contribution in [2.24, 2.45) is 0 Å². The van der Waals surface area contributed by atoms with E-state index >= 15 is 0 Å². The zero-order valence-electron chi connectivity index (χ0n) is 33.6. The molecule has 5 N–H and O–H groups in total. The van der Waals surface area contributed by atoms with E-state index in [9.17, 15) is 24.9 Å². The summed E-state index contributed by atoms with van der Waals surface area (Å²) in [5, 5.41) is 35.5. The smallest absolute Gasteiger partial charge is 0.387 e. The second-order valence-corrected chi connectivity index (χ2v) is 17.0. The van der Waals surface area contributed by atoms with Crippen LogP contribution in [0.25, 0.3) is 5.52 Å². The van der Waals surface area contributed by atoms with E-state index in [-0.39, 0.29) is 25.6 Å². The Labute approximate surface area is 342 Å². The topological polar surface area (TPSA) is 204 Å². The van der Waals surface area contributed by atoms with Crippen LogP contribution in [0.2, 0.25) is 5.02 Å². The van der Waals surface area contributed by atoms with Gasteiger partial charge in [-0.25, -0.2) is 14.1 Å². The van der Waals surface area contributed by atoms with Gasteiger partial charge in [-0.15, -0.1) is 0 Å². The molecule has 1 aliphatic rings. The normalized spacial score (nSPS) is 21.2. The molecule has 318 valence electrons. The number of ether oxygens (including phenoxy) is 3. The maximum atomic E-state index is 13.0. The van der Waals surface area contributed by atoms with Gasteiger partial charge in [0.05, 0.1) is 42.7 Å². The number of fused-ring (bicyclic) bond motifs is 1. The molecule has 6 atom stereocenters. The monoisotopic (exact) mass is 835 g/mol. The zero-order valence-corrected chi connectivity index (χ0v) is 35.3. The summed E-state index contributed by atoms with van der Waals surface area (Å²) in [5.41, 5.74) is 6.41. The third kappa shape index (κ3) is 14.8. The predicted octanol–water partition coefficient (Wildman–Crippen LogP) is 8.17. The van der Waals surface area contributed by atoms with Crippen LogP contribution in [-0.4, -0.2) is 80.5 Å². The first-order valence-electron chi connectivity index (χ1n) is 20.6. The van der Waals surface area contributed by atoms with Crippen LogP contribution in [0.4, 0.5) is 5.82 Å². The highest BCUT2D eigenvalue weighted by atomic mass is 35.5. The number of halogens is 1. The van der Waals surface area contributed by atoms with Crippen molar-refractivity contribution in [1.29, 1.82) is 5.26 Å². The minimum Gasteiger partial charge on any atom is -0.387 e. The number of nitrogens with two attached hydrogens (primary N) is 1. The molecule has 14 nitrogen and oxygen atoms in total. The molecule has 1 saturated heterocycles. The summed E-state index contributed by atoms with van der Waals surface area (Å²) in [6.07, 6.45) is 16.9. The molecular formula is C41H63ClN5O9P. The zero-order chi connectivity index (χ0) is 41.1. The minimum atomic E-state index is -4.69. The van der Waals surface area contributed by atoms with E-state index in [1.807, 2.05) is 6.07 Å². The Morgan fingerprint density at radius 3 is 2.21 bits per heavy atom. The number of nitrogen functional groups attached to an aromatic ring is 1. The fourth-order valence-electron chi connectivity index (χ4n) is 7.10. The molecule has 1 fully saturated rings. The van der Waals surface area contributed by atoms with Crippen molar-refractivity contribution in [1.82, 2.24) is 14.6 Å². The maximum absolute atomic E-state index is 13.0. The molecule has 3 aromatic rings. The number of aliphatic hydroxyl groups excluding tert-OH is 2. The van der Waals surface area contributed by atoms with E-state index in [1.54, 1.807) is 37.3 Å². The van der Waals surface area contributed by atoms with Gasteiger partial charge in [-0.3, -0.25) is 9.05 Å². The molecule has 0 spiro atoms. The molecular weight excluding hydrogens is 773 g/mol. The third-order valence-electron chi connectivity index (χ3n) is 10.6. The maximum Gasteiger partial charge on any atom is 0.472 e. The summed E-state index contributed by atoms with van der Waals surface area (Å²) in [5.74, 6) is 0.222. The standard InChI is InChI=1S/C41H63ClN5O9P/c1-3-4-5-6-7-8-9-10-11-12-13-14-15-16-17-18-23-52-27-33(53-26-31-19-20-32(25-43)34(42)24-31)28-54-57(50,51)55-29-36-38(48)39(49)41(2,56-36)37-22-21-35-40(44)45-30-46-47(35)37/h19-22,24,30,33,36,38-39,48-49H,3-18,23,26-29H2,1-2H3,(H,50,51)(H2,44,45,46)/t33-,36?,38-,39-,41+/m1/s1. The number of aliphatic hydroxyl groups is 2. The van der Waals surface area contributed by atoms with E-state index in [2.05, 4.69) is 17.0 Å². The van der Waals surface area contributed by atoms with Gasteiger partial charge in [-0.1, -0.05) is 121 Å². The largest absolute Gasteiger partial charge is 0.472 e. The van der Waals surface area contributed by atoms with Crippen LogP contribution in [-0.2, 0) is 40.0 Å². The van der Waals surface area contributed by atoms with E-state index in [4.69, 9.17) is 40.6 Å². The summed E-state index contributed by atoms with van der Waals surface area (Å²) in [6.45, 7) is 3.60. The van der Waals surface area contributed by atoms with Gasteiger partial charge in [0.15, 0.2) is 5.82 Å². The first-order valence-corrected chi connectivity index (χ1v) is 22.5. The van der Waals surface area contributed by atoms with Crippen LogP contribution < -0.4 is 5.73 Å². The minimum absolute atomic E-state index is 0.0853. The van der Waals surface area contributed by atoms with E-state index in [1.165, 1.54) is 94.3 Å². The Morgan fingerprint density at radius 1 is 0.965 bits per heavy atom. The number of hydrogen-bond acceptors (Lipinski definition) is 12. The molecule has 2 aromatic heterocycles. The number of phosphoric ester groups is 1. The fourth-order valence-corrected chi connectivity index (χ4v) is 8.11. The summed E-state index contributed by atoms with van der Waals surface area (Å²) >= 11 is 6.20. The lowest BCUT2D eigenvalue weighted by atomic mass is 9.93. The van der Waals surface area contributed by atoms with Crippen LogP contribution in [0.5, 0.6) is 0 Å². The van der Waals surface area contributed by atoms with Gasteiger partial charge < -0.3 is 35.1 Å². The Morgan fingerprint density at radius 2 is 1.60 bits per heavy atom. The van der Waals surface area contributed by atoms with Gasteiger partial charge in [0.2, 0.25) is 0 Å². The Bertz CT molecular complexity index is 1730. The number of benzene rings is 1. The average molecular weight is 836 g/mol. The van der Waals surface area contributed by atoms with Crippen LogP contribution >= 0.6 is 19.4 Å². The highest BCUT2D eigenvalue weighted by Crippen LogP contribution is 2.46. The van der Waals surface area contributed by atoms with Gasteiger partial charge in [-0.2, -0.15) is 10.4 Å². The molecule has 4 rings (SSSR count). The average Bonchev–Trinajstić information content (AvgIpc) is 3.74. The first-order chi connectivity index (χ1) is 27.5. The molecule has 0 bridgehead atoms. The predicted molar refractivity (Wildman–Crippen MR) is 218 cm³/mol. The molecule has 3 heterocycles. The molecule has 57 heavy (non-hydrogen) atoms. The fraction of sp³-hybridized carbons (Fsp3) is 0.683. The van der Waals surface area contributed by atoms with Crippen molar-refractivity contribution < 1.29 is 42.9 Å². The quantitative estimate of drug-likeness (QED) is 0.0385. The summed E-state index contributed by atoms with van der Waals surface area (Å²) in [7, 11) is -4.69. The van der Waals surface area contributed by atoms with Gasteiger partial charge >= 0.3 is 7.82 Å². The van der Waals surface area contributed by atoms with Crippen LogP contribution in [0, 0.1) is 11.3 Å². The number of nitrogens with zero attached hydrogens (tertiary/aromatic N) is 4. The van der Waals surface area contributed by atoms with Crippen molar-refractivity contribution in [3.8, 4) is 6.07 Å². The van der Waals surface area contributed by atoms with Gasteiger partial charge in [0.1, 0.15) is 47.9 Å². The molecule has 1 aromatic carbocycles. The second kappa shape index (κ2) is 24.4. The third-order valence-corrected chi connectivity index (χ3v) is 11.8. The SMILES string of the molecule is CCCCCCCCCCCCCCCCCCOC[C@H](COP(=O)(O)OCC1O[C@@](C)(c2ccc3c(N)ncnn23)[C@H](O)[C@@H]1O)OCc1ccc(C#N)c(Cl)c1. The lowest BCUT2D eigenvalue weighted by Gasteiger charge is -2.27. The first kappa shape index (κ1) is 47.0. The van der Waals surface area contributed by atoms with Gasteiger partial charge in [-0.05, 0) is 43.2 Å². The number of unbranched alkanes of at least 4 members (excludes halogenated alkanes) is 15. The second-order valence-electron chi connectivity index (χ2n) is 15.2. The Kier molecular flexibility index (Phi) is 20.1. The van der Waals surface area contributed by atoms with Gasteiger partial charge in [0, 0.05) is 6.61 Å². The van der Waals surface area contributed by atoms with Gasteiger partial charge in [0.25, 0.3) is 0 Å². The molecule has 0 saturated carbocycles. The number of hydrogen-bond donors (Lipinski definition) is 4. The van der Waals surface area contributed by atoms with E-state index < -0.39 is 44.4 Å². The van der Waals surface area contributed by atoms with Crippen molar-refractivity contribution in [2.45, 2.75) is 153 Å². The lowest BCUT2D eigenvalue weighted by Crippen LogP contribution is -2.39. The molecule has 0 amide bonds.